The lowest BCUT2D eigenvalue weighted by Gasteiger charge is -2.30. The summed E-state index contributed by atoms with van der Waals surface area (Å²) in [6, 6.07) is 5.80. The molecule has 0 bridgehead atoms. The van der Waals surface area contributed by atoms with Gasteiger partial charge in [0.2, 0.25) is 15.9 Å². The number of benzene rings is 1. The van der Waals surface area contributed by atoms with Gasteiger partial charge in [-0.05, 0) is 64.9 Å². The SMILES string of the molecule is Cc1nc2cc(S(=O)(=O)N3CCC(C(=O)NCCN(C)C)CC3)ccc2n1C1CCCC1. The zero-order valence-corrected chi connectivity index (χ0v) is 20.2. The highest BCUT2D eigenvalue weighted by atomic mass is 32.2. The average Bonchev–Trinajstić information content (AvgIpc) is 3.39. The topological polar surface area (TPSA) is 87.5 Å². The molecule has 0 spiro atoms. The van der Waals surface area contributed by atoms with Gasteiger partial charge in [0, 0.05) is 38.1 Å². The lowest BCUT2D eigenvalue weighted by Crippen LogP contribution is -2.43. The van der Waals surface area contributed by atoms with Crippen molar-refractivity contribution in [2.45, 2.75) is 56.4 Å². The van der Waals surface area contributed by atoms with Crippen LogP contribution in [0.3, 0.4) is 0 Å². The summed E-state index contributed by atoms with van der Waals surface area (Å²) < 4.78 is 30.4. The number of imidazole rings is 1. The Hall–Kier alpha value is -1.97. The zero-order valence-electron chi connectivity index (χ0n) is 19.4. The maximum Gasteiger partial charge on any atom is 0.243 e. The Kier molecular flexibility index (Phi) is 6.88. The van der Waals surface area contributed by atoms with E-state index < -0.39 is 10.0 Å². The number of fused-ring (bicyclic) bond motifs is 1. The number of hydrogen-bond acceptors (Lipinski definition) is 5. The van der Waals surface area contributed by atoms with E-state index in [-0.39, 0.29) is 16.7 Å². The van der Waals surface area contributed by atoms with Gasteiger partial charge in [-0.3, -0.25) is 4.79 Å². The van der Waals surface area contributed by atoms with E-state index in [1.165, 1.54) is 17.1 Å². The van der Waals surface area contributed by atoms with Crippen LogP contribution in [0.25, 0.3) is 11.0 Å². The molecule has 0 radical (unpaired) electrons. The minimum absolute atomic E-state index is 0.0262. The quantitative estimate of drug-likeness (QED) is 0.685. The molecule has 1 saturated heterocycles. The number of piperidine rings is 1. The number of aromatic nitrogens is 2. The van der Waals surface area contributed by atoms with E-state index in [0.29, 0.717) is 38.5 Å². The molecular formula is C23H35N5O3S. The molecule has 1 aromatic carbocycles. The van der Waals surface area contributed by atoms with Crippen LogP contribution in [0.15, 0.2) is 23.1 Å². The molecule has 1 aromatic heterocycles. The van der Waals surface area contributed by atoms with Gasteiger partial charge >= 0.3 is 0 Å². The minimum atomic E-state index is -3.61. The molecule has 0 unspecified atom stereocenters. The standard InChI is InChI=1S/C23H35N5O3S/c1-17-25-21-16-20(8-9-22(21)28(17)19-6-4-5-7-19)32(30,31)27-13-10-18(11-14-27)23(29)24-12-15-26(2)3/h8-9,16,18-19H,4-7,10-15H2,1-3H3,(H,24,29). The molecule has 1 amide bonds. The normalized spacial score (nSPS) is 19.2. The highest BCUT2D eigenvalue weighted by Gasteiger charge is 2.32. The van der Waals surface area contributed by atoms with Gasteiger partial charge in [-0.2, -0.15) is 4.31 Å². The van der Waals surface area contributed by atoms with Crippen LogP contribution >= 0.6 is 0 Å². The van der Waals surface area contributed by atoms with Crippen molar-refractivity contribution in [3.05, 3.63) is 24.0 Å². The summed E-state index contributed by atoms with van der Waals surface area (Å²) in [6.45, 7) is 4.12. The lowest BCUT2D eigenvalue weighted by molar-refractivity contribution is -0.126. The first-order valence-electron chi connectivity index (χ1n) is 11.7. The molecule has 0 atom stereocenters. The van der Waals surface area contributed by atoms with E-state index in [2.05, 4.69) is 14.9 Å². The number of hydrogen-bond donors (Lipinski definition) is 1. The van der Waals surface area contributed by atoms with Crippen molar-refractivity contribution in [1.29, 1.82) is 0 Å². The molecule has 176 valence electrons. The second-order valence-corrected chi connectivity index (χ2v) is 11.3. The second kappa shape index (κ2) is 9.49. The average molecular weight is 462 g/mol. The number of sulfonamides is 1. The largest absolute Gasteiger partial charge is 0.355 e. The van der Waals surface area contributed by atoms with Gasteiger partial charge in [-0.25, -0.2) is 13.4 Å². The number of carbonyl (C=O) groups is 1. The Labute approximate surface area is 191 Å². The van der Waals surface area contributed by atoms with E-state index in [1.807, 2.05) is 32.0 Å². The first-order valence-corrected chi connectivity index (χ1v) is 13.1. The number of nitrogens with zero attached hydrogens (tertiary/aromatic N) is 4. The summed E-state index contributed by atoms with van der Waals surface area (Å²) in [7, 11) is 0.324. The van der Waals surface area contributed by atoms with Crippen molar-refractivity contribution in [3.8, 4) is 0 Å². The summed E-state index contributed by atoms with van der Waals surface area (Å²) >= 11 is 0. The fraction of sp³-hybridized carbons (Fsp3) is 0.652. The molecule has 1 N–H and O–H groups in total. The molecule has 2 heterocycles. The predicted octanol–water partition coefficient (Wildman–Crippen LogP) is 2.54. The van der Waals surface area contributed by atoms with Gasteiger partial charge in [0.05, 0.1) is 15.9 Å². The molecule has 2 fully saturated rings. The first kappa shape index (κ1) is 23.2. The summed E-state index contributed by atoms with van der Waals surface area (Å²) in [5, 5.41) is 2.96. The van der Waals surface area contributed by atoms with Gasteiger partial charge in [0.25, 0.3) is 0 Å². The molecule has 1 aliphatic heterocycles. The Morgan fingerprint density at radius 1 is 1.16 bits per heavy atom. The summed E-state index contributed by atoms with van der Waals surface area (Å²) in [5.41, 5.74) is 1.76. The van der Waals surface area contributed by atoms with E-state index in [1.54, 1.807) is 12.1 Å². The number of nitrogens with one attached hydrogen (secondary N) is 1. The molecule has 2 aliphatic rings. The van der Waals surface area contributed by atoms with Crippen molar-refractivity contribution in [3.63, 3.8) is 0 Å². The minimum Gasteiger partial charge on any atom is -0.355 e. The second-order valence-electron chi connectivity index (χ2n) is 9.39. The molecule has 8 nitrogen and oxygen atoms in total. The van der Waals surface area contributed by atoms with Gasteiger partial charge in [-0.15, -0.1) is 0 Å². The number of rotatable bonds is 7. The van der Waals surface area contributed by atoms with Gasteiger partial charge in [0.15, 0.2) is 0 Å². The van der Waals surface area contributed by atoms with Crippen molar-refractivity contribution in [2.24, 2.45) is 5.92 Å². The maximum absolute atomic E-state index is 13.3. The van der Waals surface area contributed by atoms with Crippen molar-refractivity contribution < 1.29 is 13.2 Å². The van der Waals surface area contributed by atoms with Gasteiger partial charge < -0.3 is 14.8 Å². The molecule has 4 rings (SSSR count). The number of aryl methyl sites for hydroxylation is 1. The number of amides is 1. The Morgan fingerprint density at radius 3 is 2.50 bits per heavy atom. The van der Waals surface area contributed by atoms with Gasteiger partial charge in [-0.1, -0.05) is 12.8 Å². The maximum atomic E-state index is 13.3. The highest BCUT2D eigenvalue weighted by Crippen LogP contribution is 2.34. The first-order chi connectivity index (χ1) is 15.3. The fourth-order valence-electron chi connectivity index (χ4n) is 5.04. The van der Waals surface area contributed by atoms with Crippen molar-refractivity contribution >= 4 is 27.0 Å². The monoisotopic (exact) mass is 461 g/mol. The van der Waals surface area contributed by atoms with Crippen molar-refractivity contribution in [2.75, 3.05) is 40.3 Å². The van der Waals surface area contributed by atoms with Crippen LogP contribution in [0.2, 0.25) is 0 Å². The van der Waals surface area contributed by atoms with Crippen LogP contribution in [0.4, 0.5) is 0 Å². The van der Waals surface area contributed by atoms with E-state index in [9.17, 15) is 13.2 Å². The van der Waals surface area contributed by atoms with Gasteiger partial charge in [0.1, 0.15) is 5.82 Å². The smallest absolute Gasteiger partial charge is 0.243 e. The third-order valence-corrected chi connectivity index (χ3v) is 8.74. The molecule has 1 aliphatic carbocycles. The van der Waals surface area contributed by atoms with Crippen LogP contribution < -0.4 is 5.32 Å². The Bertz CT molecular complexity index is 1060. The third kappa shape index (κ3) is 4.70. The summed E-state index contributed by atoms with van der Waals surface area (Å²) in [6.07, 6.45) is 5.88. The Morgan fingerprint density at radius 2 is 1.84 bits per heavy atom. The van der Waals surface area contributed by atoms with E-state index in [4.69, 9.17) is 0 Å². The number of likely N-dealkylation sites (N-methyl/N-ethyl adjacent to an activating group) is 1. The zero-order chi connectivity index (χ0) is 22.9. The molecule has 2 aromatic rings. The molecule has 1 saturated carbocycles. The van der Waals surface area contributed by atoms with Crippen LogP contribution in [0.1, 0.15) is 50.4 Å². The fourth-order valence-corrected chi connectivity index (χ4v) is 6.53. The highest BCUT2D eigenvalue weighted by molar-refractivity contribution is 7.89. The number of carbonyl (C=O) groups excluding carboxylic acids is 1. The summed E-state index contributed by atoms with van der Waals surface area (Å²) in [5.74, 6) is 0.844. The summed E-state index contributed by atoms with van der Waals surface area (Å²) in [4.78, 5) is 19.4. The molecule has 9 heteroatoms. The van der Waals surface area contributed by atoms with E-state index in [0.717, 1.165) is 36.2 Å². The lowest BCUT2D eigenvalue weighted by atomic mass is 9.97. The third-order valence-electron chi connectivity index (χ3n) is 6.85. The molecular weight excluding hydrogens is 426 g/mol. The van der Waals surface area contributed by atoms with Crippen molar-refractivity contribution in [1.82, 2.24) is 24.1 Å². The predicted molar refractivity (Wildman–Crippen MR) is 125 cm³/mol. The van der Waals surface area contributed by atoms with Crippen LogP contribution in [0.5, 0.6) is 0 Å². The van der Waals surface area contributed by atoms with E-state index >= 15 is 0 Å². The Balaban J connectivity index is 1.44. The van der Waals surface area contributed by atoms with Crippen LogP contribution in [-0.2, 0) is 14.8 Å². The molecule has 32 heavy (non-hydrogen) atoms. The van der Waals surface area contributed by atoms with Crippen LogP contribution in [-0.4, -0.2) is 73.4 Å². The van der Waals surface area contributed by atoms with Crippen LogP contribution in [0, 0.1) is 12.8 Å².